The van der Waals surface area contributed by atoms with Crippen LogP contribution in [0.15, 0.2) is 35.0 Å². The van der Waals surface area contributed by atoms with Gasteiger partial charge in [-0.1, -0.05) is 19.0 Å². The van der Waals surface area contributed by atoms with Gasteiger partial charge in [-0.2, -0.15) is 4.98 Å². The van der Waals surface area contributed by atoms with Crippen LogP contribution in [-0.4, -0.2) is 39.5 Å². The SMILES string of the molecule is CC(C)c1noc(-c2ccc(O[C@@H]3CCN(c4cc(F)c5c(c4)C(=O)CC5)C3=O)cn2)n1. The Balaban J connectivity index is 1.29. The minimum Gasteiger partial charge on any atom is -0.479 e. The third-order valence-corrected chi connectivity index (χ3v) is 5.74. The van der Waals surface area contributed by atoms with Crippen molar-refractivity contribution < 1.29 is 23.2 Å². The lowest BCUT2D eigenvalue weighted by Crippen LogP contribution is -2.32. The third-order valence-electron chi connectivity index (χ3n) is 5.74. The summed E-state index contributed by atoms with van der Waals surface area (Å²) in [5.74, 6) is 0.670. The lowest BCUT2D eigenvalue weighted by molar-refractivity contribution is -0.122. The van der Waals surface area contributed by atoms with E-state index in [4.69, 9.17) is 9.26 Å². The van der Waals surface area contributed by atoms with Gasteiger partial charge in [0.25, 0.3) is 11.8 Å². The normalized spacial score (nSPS) is 18.0. The van der Waals surface area contributed by atoms with E-state index in [1.54, 1.807) is 18.2 Å². The van der Waals surface area contributed by atoms with Crippen LogP contribution in [0.4, 0.5) is 10.1 Å². The van der Waals surface area contributed by atoms with Crippen LogP contribution in [-0.2, 0) is 11.2 Å². The van der Waals surface area contributed by atoms with Crippen molar-refractivity contribution in [1.82, 2.24) is 15.1 Å². The van der Waals surface area contributed by atoms with E-state index in [9.17, 15) is 14.0 Å². The summed E-state index contributed by atoms with van der Waals surface area (Å²) in [5.41, 5.74) is 1.71. The van der Waals surface area contributed by atoms with Gasteiger partial charge in [-0.25, -0.2) is 9.37 Å². The maximum absolute atomic E-state index is 14.4. The van der Waals surface area contributed by atoms with E-state index in [2.05, 4.69) is 15.1 Å². The molecule has 0 radical (unpaired) electrons. The van der Waals surface area contributed by atoms with Gasteiger partial charge in [-0.3, -0.25) is 9.59 Å². The van der Waals surface area contributed by atoms with Crippen LogP contribution >= 0.6 is 0 Å². The van der Waals surface area contributed by atoms with Crippen molar-refractivity contribution in [2.24, 2.45) is 0 Å². The van der Waals surface area contributed by atoms with Gasteiger partial charge in [0.15, 0.2) is 17.7 Å². The van der Waals surface area contributed by atoms with Crippen molar-refractivity contribution in [1.29, 1.82) is 0 Å². The second-order valence-corrected chi connectivity index (χ2v) is 8.25. The minimum atomic E-state index is -0.717. The molecule has 0 N–H and O–H groups in total. The number of pyridine rings is 1. The molecule has 1 aliphatic carbocycles. The number of anilines is 1. The largest absolute Gasteiger partial charge is 0.479 e. The van der Waals surface area contributed by atoms with Gasteiger partial charge in [-0.05, 0) is 36.2 Å². The Morgan fingerprint density at radius 3 is 2.78 bits per heavy atom. The zero-order valence-electron chi connectivity index (χ0n) is 17.7. The molecule has 1 atom stereocenters. The lowest BCUT2D eigenvalue weighted by Gasteiger charge is -2.18. The third kappa shape index (κ3) is 3.53. The highest BCUT2D eigenvalue weighted by atomic mass is 19.1. The first kappa shape index (κ1) is 20.3. The Hall–Kier alpha value is -3.62. The van der Waals surface area contributed by atoms with Crippen molar-refractivity contribution >= 4 is 17.4 Å². The zero-order chi connectivity index (χ0) is 22.4. The average molecular weight is 436 g/mol. The molecule has 3 heterocycles. The fourth-order valence-electron chi connectivity index (χ4n) is 3.99. The number of nitrogens with zero attached hydrogens (tertiary/aromatic N) is 4. The number of Topliss-reactive ketones (excluding diaryl/α,β-unsaturated/α-hetero) is 1. The number of benzene rings is 1. The number of amides is 1. The number of fused-ring (bicyclic) bond motifs is 1. The number of ether oxygens (including phenoxy) is 1. The molecular weight excluding hydrogens is 415 g/mol. The average Bonchev–Trinajstić information content (AvgIpc) is 3.49. The quantitative estimate of drug-likeness (QED) is 0.601. The Labute approximate surface area is 183 Å². The molecule has 3 aromatic rings. The number of hydrogen-bond donors (Lipinski definition) is 0. The number of carbonyl (C=O) groups is 2. The van der Waals surface area contributed by atoms with Crippen molar-refractivity contribution in [3.8, 4) is 17.3 Å². The Morgan fingerprint density at radius 1 is 1.22 bits per heavy atom. The fraction of sp³-hybridized carbons (Fsp3) is 0.348. The molecule has 1 saturated heterocycles. The highest BCUT2D eigenvalue weighted by molar-refractivity contribution is 6.04. The van der Waals surface area contributed by atoms with Gasteiger partial charge in [0.2, 0.25) is 0 Å². The molecule has 5 rings (SSSR count). The van der Waals surface area contributed by atoms with Gasteiger partial charge in [0, 0.05) is 36.6 Å². The van der Waals surface area contributed by atoms with E-state index in [0.717, 1.165) is 0 Å². The predicted octanol–water partition coefficient (Wildman–Crippen LogP) is 3.71. The first-order valence-corrected chi connectivity index (χ1v) is 10.5. The second-order valence-electron chi connectivity index (χ2n) is 8.25. The summed E-state index contributed by atoms with van der Waals surface area (Å²) in [5, 5.41) is 3.92. The Morgan fingerprint density at radius 2 is 2.06 bits per heavy atom. The smallest absolute Gasteiger partial charge is 0.276 e. The molecule has 9 heteroatoms. The van der Waals surface area contributed by atoms with Crippen LogP contribution in [0, 0.1) is 5.82 Å². The molecular formula is C23H21FN4O4. The highest BCUT2D eigenvalue weighted by Gasteiger charge is 2.36. The van der Waals surface area contributed by atoms with Crippen LogP contribution in [0.1, 0.15) is 54.4 Å². The molecule has 0 unspecified atom stereocenters. The number of halogens is 1. The number of carbonyl (C=O) groups excluding carboxylic acids is 2. The summed E-state index contributed by atoms with van der Waals surface area (Å²) in [4.78, 5) is 35.0. The summed E-state index contributed by atoms with van der Waals surface area (Å²) < 4.78 is 25.5. The number of hydrogen-bond acceptors (Lipinski definition) is 7. The zero-order valence-corrected chi connectivity index (χ0v) is 17.7. The number of rotatable bonds is 5. The van der Waals surface area contributed by atoms with Crippen LogP contribution in [0.3, 0.4) is 0 Å². The van der Waals surface area contributed by atoms with Crippen molar-refractivity contribution in [3.05, 3.63) is 53.2 Å². The summed E-state index contributed by atoms with van der Waals surface area (Å²) in [7, 11) is 0. The Kier molecular flexibility index (Phi) is 4.96. The summed E-state index contributed by atoms with van der Waals surface area (Å²) in [6.07, 6.45) is 1.93. The van der Waals surface area contributed by atoms with Crippen molar-refractivity contribution in [2.75, 3.05) is 11.4 Å². The van der Waals surface area contributed by atoms with E-state index < -0.39 is 11.9 Å². The summed E-state index contributed by atoms with van der Waals surface area (Å²) in [6.45, 7) is 4.31. The predicted molar refractivity (Wildman–Crippen MR) is 112 cm³/mol. The van der Waals surface area contributed by atoms with Gasteiger partial charge >= 0.3 is 0 Å². The maximum Gasteiger partial charge on any atom is 0.276 e. The molecule has 1 fully saturated rings. The van der Waals surface area contributed by atoms with Gasteiger partial charge in [0.1, 0.15) is 17.3 Å². The number of aromatic nitrogens is 3. The van der Waals surface area contributed by atoms with Crippen LogP contribution < -0.4 is 9.64 Å². The maximum atomic E-state index is 14.4. The number of ketones is 1. The molecule has 32 heavy (non-hydrogen) atoms. The topological polar surface area (TPSA) is 98.4 Å². The molecule has 1 amide bonds. The van der Waals surface area contributed by atoms with Gasteiger partial charge in [-0.15, -0.1) is 0 Å². The van der Waals surface area contributed by atoms with Crippen molar-refractivity contribution in [2.45, 2.75) is 45.1 Å². The van der Waals surface area contributed by atoms with Crippen LogP contribution in [0.25, 0.3) is 11.6 Å². The highest BCUT2D eigenvalue weighted by Crippen LogP contribution is 2.32. The summed E-state index contributed by atoms with van der Waals surface area (Å²) in [6, 6.07) is 6.31. The molecule has 0 spiro atoms. The molecule has 2 aliphatic rings. The fourth-order valence-corrected chi connectivity index (χ4v) is 3.99. The molecule has 1 aromatic carbocycles. The van der Waals surface area contributed by atoms with Gasteiger partial charge in [0.05, 0.1) is 6.20 Å². The van der Waals surface area contributed by atoms with Crippen LogP contribution in [0.2, 0.25) is 0 Å². The molecule has 0 bridgehead atoms. The monoisotopic (exact) mass is 436 g/mol. The molecule has 164 valence electrons. The standard InChI is InChI=1S/C23H21FN4O4/c1-12(2)21-26-22(32-27-21)18-5-3-14(11-25-18)31-20-7-8-28(23(20)30)13-9-16-15(17(24)10-13)4-6-19(16)29/h3,5,9-12,20H,4,6-8H2,1-2H3/t20-/m1/s1. The van der Waals surface area contributed by atoms with E-state index in [1.165, 1.54) is 17.2 Å². The van der Waals surface area contributed by atoms with E-state index in [1.807, 2.05) is 13.8 Å². The first-order valence-electron chi connectivity index (χ1n) is 10.5. The molecule has 2 aromatic heterocycles. The molecule has 8 nitrogen and oxygen atoms in total. The first-order chi connectivity index (χ1) is 15.4. The molecule has 0 saturated carbocycles. The van der Waals surface area contributed by atoms with E-state index >= 15 is 0 Å². The van der Waals surface area contributed by atoms with Crippen LogP contribution in [0.5, 0.6) is 5.75 Å². The van der Waals surface area contributed by atoms with E-state index in [-0.39, 0.29) is 17.6 Å². The Bertz CT molecular complexity index is 1210. The minimum absolute atomic E-state index is 0.0897. The van der Waals surface area contributed by atoms with Gasteiger partial charge < -0.3 is 14.2 Å². The lowest BCUT2D eigenvalue weighted by atomic mass is 10.1. The van der Waals surface area contributed by atoms with Crippen molar-refractivity contribution in [3.63, 3.8) is 0 Å². The van der Waals surface area contributed by atoms with E-state index in [0.29, 0.717) is 65.8 Å². The molecule has 1 aliphatic heterocycles. The summed E-state index contributed by atoms with van der Waals surface area (Å²) >= 11 is 0. The second kappa shape index (κ2) is 7.81.